The Kier molecular flexibility index (Phi) is 6.11. The Bertz CT molecular complexity index is 773. The monoisotopic (exact) mass is 344 g/mol. The molecule has 6 heteroatoms. The molecule has 2 amide bonds. The van der Waals surface area contributed by atoms with Gasteiger partial charge in [-0.1, -0.05) is 6.07 Å². The lowest BCUT2D eigenvalue weighted by atomic mass is 10.1. The molecule has 132 valence electrons. The van der Waals surface area contributed by atoms with Crippen molar-refractivity contribution in [2.24, 2.45) is 0 Å². The number of amides is 2. The first-order valence-electron chi connectivity index (χ1n) is 8.04. The highest BCUT2D eigenvalue weighted by Crippen LogP contribution is 2.19. The van der Waals surface area contributed by atoms with E-state index < -0.39 is 11.7 Å². The van der Waals surface area contributed by atoms with Gasteiger partial charge in [-0.25, -0.2) is 4.39 Å². The summed E-state index contributed by atoms with van der Waals surface area (Å²) in [5, 5.41) is 2.62. The Morgan fingerprint density at radius 1 is 1.12 bits per heavy atom. The van der Waals surface area contributed by atoms with E-state index in [2.05, 4.69) is 5.32 Å². The number of halogens is 1. The first-order valence-corrected chi connectivity index (χ1v) is 8.04. The number of ether oxygens (including phenoxy) is 1. The molecule has 0 bridgehead atoms. The van der Waals surface area contributed by atoms with Crippen LogP contribution in [0.3, 0.4) is 0 Å². The number of hydrogen-bond donors (Lipinski definition) is 1. The molecule has 2 aromatic carbocycles. The predicted octanol–water partition coefficient (Wildman–Crippen LogP) is 3.57. The van der Waals surface area contributed by atoms with Crippen LogP contribution in [0.2, 0.25) is 0 Å². The third-order valence-corrected chi connectivity index (χ3v) is 3.84. The van der Waals surface area contributed by atoms with Crippen LogP contribution in [0.15, 0.2) is 42.5 Å². The normalized spacial score (nSPS) is 10.2. The second kappa shape index (κ2) is 8.28. The van der Waals surface area contributed by atoms with Crippen molar-refractivity contribution in [2.75, 3.05) is 25.5 Å². The van der Waals surface area contributed by atoms with Crippen LogP contribution in [0.5, 0.6) is 5.75 Å². The van der Waals surface area contributed by atoms with Crippen LogP contribution >= 0.6 is 0 Å². The molecule has 0 unspecified atom stereocenters. The molecule has 2 rings (SSSR count). The quantitative estimate of drug-likeness (QED) is 0.871. The van der Waals surface area contributed by atoms with Crippen molar-refractivity contribution in [1.29, 1.82) is 0 Å². The number of methoxy groups -OCH3 is 1. The molecule has 0 heterocycles. The van der Waals surface area contributed by atoms with E-state index in [1.807, 2.05) is 13.8 Å². The molecule has 0 spiro atoms. The molecule has 0 atom stereocenters. The summed E-state index contributed by atoms with van der Waals surface area (Å²) in [5.74, 6) is -1.04. The molecular weight excluding hydrogens is 323 g/mol. The Balaban J connectivity index is 2.19. The maximum atomic E-state index is 14.0. The van der Waals surface area contributed by atoms with E-state index in [-0.39, 0.29) is 11.5 Å². The van der Waals surface area contributed by atoms with Gasteiger partial charge in [0, 0.05) is 30.4 Å². The van der Waals surface area contributed by atoms with Gasteiger partial charge in [-0.2, -0.15) is 0 Å². The summed E-state index contributed by atoms with van der Waals surface area (Å²) in [4.78, 5) is 26.3. The van der Waals surface area contributed by atoms with E-state index >= 15 is 0 Å². The zero-order valence-corrected chi connectivity index (χ0v) is 14.5. The van der Waals surface area contributed by atoms with E-state index in [9.17, 15) is 14.0 Å². The number of carbonyl (C=O) groups is 2. The van der Waals surface area contributed by atoms with Gasteiger partial charge in [0.05, 0.1) is 12.7 Å². The lowest BCUT2D eigenvalue weighted by Gasteiger charge is -2.19. The fourth-order valence-electron chi connectivity index (χ4n) is 2.43. The number of benzene rings is 2. The Morgan fingerprint density at radius 3 is 2.44 bits per heavy atom. The first-order chi connectivity index (χ1) is 12.0. The van der Waals surface area contributed by atoms with Gasteiger partial charge in [0.25, 0.3) is 11.8 Å². The predicted molar refractivity (Wildman–Crippen MR) is 94.6 cm³/mol. The molecule has 0 aliphatic rings. The fourth-order valence-corrected chi connectivity index (χ4v) is 2.43. The summed E-state index contributed by atoms with van der Waals surface area (Å²) in [6.45, 7) is 5.00. The topological polar surface area (TPSA) is 58.6 Å². The van der Waals surface area contributed by atoms with Gasteiger partial charge < -0.3 is 15.0 Å². The Morgan fingerprint density at radius 2 is 1.84 bits per heavy atom. The average molecular weight is 344 g/mol. The van der Waals surface area contributed by atoms with Crippen LogP contribution in [-0.2, 0) is 0 Å². The van der Waals surface area contributed by atoms with Gasteiger partial charge in [0.2, 0.25) is 0 Å². The zero-order chi connectivity index (χ0) is 18.4. The number of hydrogen-bond acceptors (Lipinski definition) is 3. The largest absolute Gasteiger partial charge is 0.497 e. The van der Waals surface area contributed by atoms with Gasteiger partial charge in [-0.15, -0.1) is 0 Å². The number of carbonyl (C=O) groups excluding carboxylic acids is 2. The van der Waals surface area contributed by atoms with Crippen LogP contribution in [-0.4, -0.2) is 36.9 Å². The lowest BCUT2D eigenvalue weighted by molar-refractivity contribution is 0.0772. The molecule has 1 N–H and O–H groups in total. The third kappa shape index (κ3) is 4.35. The van der Waals surface area contributed by atoms with Crippen molar-refractivity contribution in [3.8, 4) is 5.75 Å². The van der Waals surface area contributed by atoms with Crippen LogP contribution in [0.25, 0.3) is 0 Å². The number of nitrogens with one attached hydrogen (secondary N) is 1. The van der Waals surface area contributed by atoms with Crippen molar-refractivity contribution in [1.82, 2.24) is 4.90 Å². The molecule has 0 radical (unpaired) electrons. The van der Waals surface area contributed by atoms with E-state index in [1.165, 1.54) is 19.2 Å². The second-order valence-corrected chi connectivity index (χ2v) is 5.36. The third-order valence-electron chi connectivity index (χ3n) is 3.84. The van der Waals surface area contributed by atoms with E-state index in [0.29, 0.717) is 30.1 Å². The zero-order valence-electron chi connectivity index (χ0n) is 14.5. The number of nitrogens with zero attached hydrogens (tertiary/aromatic N) is 1. The van der Waals surface area contributed by atoms with Crippen LogP contribution in [0.4, 0.5) is 10.1 Å². The summed E-state index contributed by atoms with van der Waals surface area (Å²) < 4.78 is 18.9. The molecule has 0 aliphatic carbocycles. The van der Waals surface area contributed by atoms with Crippen molar-refractivity contribution in [3.63, 3.8) is 0 Å². The van der Waals surface area contributed by atoms with Crippen LogP contribution < -0.4 is 10.1 Å². The Labute approximate surface area is 146 Å². The molecule has 5 nitrogen and oxygen atoms in total. The van der Waals surface area contributed by atoms with Gasteiger partial charge >= 0.3 is 0 Å². The highest BCUT2D eigenvalue weighted by atomic mass is 19.1. The number of rotatable bonds is 6. The van der Waals surface area contributed by atoms with Crippen molar-refractivity contribution in [2.45, 2.75) is 13.8 Å². The lowest BCUT2D eigenvalue weighted by Crippen LogP contribution is -2.30. The van der Waals surface area contributed by atoms with Crippen molar-refractivity contribution >= 4 is 17.5 Å². The van der Waals surface area contributed by atoms with Gasteiger partial charge in [-0.3, -0.25) is 9.59 Å². The SMILES string of the molecule is CCN(CC)C(=O)c1cccc(NC(=O)c2ccc(OC)cc2F)c1. The first kappa shape index (κ1) is 18.4. The van der Waals surface area contributed by atoms with E-state index in [0.717, 1.165) is 6.07 Å². The van der Waals surface area contributed by atoms with Crippen LogP contribution in [0.1, 0.15) is 34.6 Å². The number of anilines is 1. The smallest absolute Gasteiger partial charge is 0.258 e. The van der Waals surface area contributed by atoms with Gasteiger partial charge in [-0.05, 0) is 44.2 Å². The summed E-state index contributed by atoms with van der Waals surface area (Å²) in [6.07, 6.45) is 0. The summed E-state index contributed by atoms with van der Waals surface area (Å²) in [6, 6.07) is 10.6. The van der Waals surface area contributed by atoms with Gasteiger partial charge in [0.1, 0.15) is 11.6 Å². The molecule has 0 aliphatic heterocycles. The van der Waals surface area contributed by atoms with E-state index in [1.54, 1.807) is 29.2 Å². The minimum atomic E-state index is -0.674. The standard InChI is InChI=1S/C19H21FN2O3/c1-4-22(5-2)19(24)13-7-6-8-14(11-13)21-18(23)16-10-9-15(25-3)12-17(16)20/h6-12H,4-5H2,1-3H3,(H,21,23). The molecule has 0 saturated heterocycles. The van der Waals surface area contributed by atoms with E-state index in [4.69, 9.17) is 4.74 Å². The molecule has 2 aromatic rings. The summed E-state index contributed by atoms with van der Waals surface area (Å²) >= 11 is 0. The minimum Gasteiger partial charge on any atom is -0.497 e. The fraction of sp³-hybridized carbons (Fsp3) is 0.263. The highest BCUT2D eigenvalue weighted by molar-refractivity contribution is 6.05. The Hall–Kier alpha value is -2.89. The molecule has 0 aromatic heterocycles. The molecule has 0 fully saturated rings. The highest BCUT2D eigenvalue weighted by Gasteiger charge is 2.15. The summed E-state index contributed by atoms with van der Waals surface area (Å²) in [7, 11) is 1.42. The van der Waals surface area contributed by atoms with Crippen molar-refractivity contribution in [3.05, 3.63) is 59.4 Å². The second-order valence-electron chi connectivity index (χ2n) is 5.36. The molecule has 25 heavy (non-hydrogen) atoms. The average Bonchev–Trinajstić information content (AvgIpc) is 2.62. The minimum absolute atomic E-state index is 0.0960. The van der Waals surface area contributed by atoms with Gasteiger partial charge in [0.15, 0.2) is 0 Å². The molecular formula is C19H21FN2O3. The van der Waals surface area contributed by atoms with Crippen LogP contribution in [0, 0.1) is 5.82 Å². The summed E-state index contributed by atoms with van der Waals surface area (Å²) in [5.41, 5.74) is 0.802. The maximum absolute atomic E-state index is 14.0. The molecule has 0 saturated carbocycles. The van der Waals surface area contributed by atoms with Crippen molar-refractivity contribution < 1.29 is 18.7 Å². The maximum Gasteiger partial charge on any atom is 0.258 e.